The highest BCUT2D eigenvalue weighted by atomic mass is 19.1. The quantitative estimate of drug-likeness (QED) is 0.897. The Balaban J connectivity index is 1.94. The van der Waals surface area contributed by atoms with Gasteiger partial charge in [0.2, 0.25) is 0 Å². The molecule has 1 aliphatic heterocycles. The van der Waals surface area contributed by atoms with E-state index in [4.69, 9.17) is 4.74 Å². The van der Waals surface area contributed by atoms with Gasteiger partial charge >= 0.3 is 0 Å². The van der Waals surface area contributed by atoms with Crippen LogP contribution in [0.1, 0.15) is 25.8 Å². The maximum absolute atomic E-state index is 14.0. The molecule has 0 bridgehead atoms. The summed E-state index contributed by atoms with van der Waals surface area (Å²) in [6.45, 7) is 8.15. The highest BCUT2D eigenvalue weighted by Crippen LogP contribution is 2.22. The van der Waals surface area contributed by atoms with E-state index in [2.05, 4.69) is 24.1 Å². The van der Waals surface area contributed by atoms with E-state index >= 15 is 0 Å². The lowest BCUT2D eigenvalue weighted by Gasteiger charge is -2.37. The molecule has 4 heteroatoms. The molecule has 1 N–H and O–H groups in total. The number of rotatable bonds is 5. The number of benzene rings is 1. The van der Waals surface area contributed by atoms with E-state index in [0.717, 1.165) is 31.6 Å². The minimum Gasteiger partial charge on any atom is -0.497 e. The number of hydrogen-bond acceptors (Lipinski definition) is 3. The zero-order chi connectivity index (χ0) is 14.5. The largest absolute Gasteiger partial charge is 0.497 e. The Morgan fingerprint density at radius 2 is 2.25 bits per heavy atom. The fourth-order valence-electron chi connectivity index (χ4n) is 2.97. The van der Waals surface area contributed by atoms with Crippen LogP contribution >= 0.6 is 0 Å². The van der Waals surface area contributed by atoms with E-state index in [1.54, 1.807) is 7.11 Å². The topological polar surface area (TPSA) is 24.5 Å². The third-order valence-electron chi connectivity index (χ3n) is 4.11. The van der Waals surface area contributed by atoms with Gasteiger partial charge in [0.1, 0.15) is 11.6 Å². The van der Waals surface area contributed by atoms with E-state index < -0.39 is 0 Å². The van der Waals surface area contributed by atoms with Crippen LogP contribution in [0, 0.1) is 11.7 Å². The number of ether oxygens (including phenoxy) is 1. The highest BCUT2D eigenvalue weighted by molar-refractivity contribution is 5.28. The van der Waals surface area contributed by atoms with Crippen molar-refractivity contribution in [3.63, 3.8) is 0 Å². The molecule has 1 aliphatic rings. The van der Waals surface area contributed by atoms with Crippen LogP contribution in [0.2, 0.25) is 0 Å². The van der Waals surface area contributed by atoms with Crippen LogP contribution < -0.4 is 10.1 Å². The van der Waals surface area contributed by atoms with Crippen molar-refractivity contribution in [3.8, 4) is 5.75 Å². The van der Waals surface area contributed by atoms with E-state index in [1.165, 1.54) is 6.07 Å². The van der Waals surface area contributed by atoms with Gasteiger partial charge in [0.25, 0.3) is 0 Å². The molecule has 0 amide bonds. The predicted molar refractivity (Wildman–Crippen MR) is 79.5 cm³/mol. The number of hydrogen-bond donors (Lipinski definition) is 1. The lowest BCUT2D eigenvalue weighted by Crippen LogP contribution is -2.47. The lowest BCUT2D eigenvalue weighted by molar-refractivity contribution is 0.140. The number of halogens is 1. The van der Waals surface area contributed by atoms with Gasteiger partial charge < -0.3 is 10.1 Å². The number of methoxy groups -OCH3 is 1. The summed E-state index contributed by atoms with van der Waals surface area (Å²) in [5.74, 6) is 1.00. The zero-order valence-electron chi connectivity index (χ0n) is 12.7. The molecule has 1 aromatic rings. The molecule has 0 spiro atoms. The smallest absolute Gasteiger partial charge is 0.131 e. The van der Waals surface area contributed by atoms with Crippen LogP contribution in [0.5, 0.6) is 5.75 Å². The van der Waals surface area contributed by atoms with Crippen LogP contribution in [-0.4, -0.2) is 37.7 Å². The minimum absolute atomic E-state index is 0.175. The molecule has 0 saturated carbocycles. The molecule has 2 unspecified atom stereocenters. The van der Waals surface area contributed by atoms with E-state index in [-0.39, 0.29) is 5.82 Å². The molecular formula is C16H25FN2O. The van der Waals surface area contributed by atoms with Gasteiger partial charge in [-0.3, -0.25) is 4.90 Å². The monoisotopic (exact) mass is 280 g/mol. The molecule has 1 aromatic carbocycles. The van der Waals surface area contributed by atoms with Crippen molar-refractivity contribution in [3.05, 3.63) is 29.6 Å². The third kappa shape index (κ3) is 3.70. The van der Waals surface area contributed by atoms with E-state index in [0.29, 0.717) is 24.3 Å². The lowest BCUT2D eigenvalue weighted by atomic mass is 9.93. The first kappa shape index (κ1) is 15.3. The van der Waals surface area contributed by atoms with E-state index in [9.17, 15) is 4.39 Å². The Bertz CT molecular complexity index is 438. The first-order chi connectivity index (χ1) is 9.63. The molecule has 3 nitrogen and oxygen atoms in total. The van der Waals surface area contributed by atoms with Crippen molar-refractivity contribution < 1.29 is 9.13 Å². The predicted octanol–water partition coefficient (Wildman–Crippen LogP) is 2.65. The summed E-state index contributed by atoms with van der Waals surface area (Å²) in [7, 11) is 1.56. The summed E-state index contributed by atoms with van der Waals surface area (Å²) in [6.07, 6.45) is 1.13. The molecule has 2 rings (SSSR count). The number of nitrogens with zero attached hydrogens (tertiary/aromatic N) is 1. The Morgan fingerprint density at radius 3 is 2.85 bits per heavy atom. The van der Waals surface area contributed by atoms with Crippen LogP contribution in [-0.2, 0) is 6.54 Å². The van der Waals surface area contributed by atoms with Gasteiger partial charge in [-0.2, -0.15) is 0 Å². The van der Waals surface area contributed by atoms with Crippen LogP contribution in [0.3, 0.4) is 0 Å². The number of piperidine rings is 1. The molecular weight excluding hydrogens is 255 g/mol. The molecule has 0 radical (unpaired) electrons. The molecule has 2 atom stereocenters. The minimum atomic E-state index is -0.175. The molecule has 1 fully saturated rings. The van der Waals surface area contributed by atoms with Gasteiger partial charge in [0.05, 0.1) is 7.11 Å². The summed E-state index contributed by atoms with van der Waals surface area (Å²) < 4.78 is 19.0. The summed E-state index contributed by atoms with van der Waals surface area (Å²) >= 11 is 0. The van der Waals surface area contributed by atoms with Crippen molar-refractivity contribution in [2.45, 2.75) is 32.9 Å². The Hall–Kier alpha value is -1.13. The molecule has 1 heterocycles. The molecule has 20 heavy (non-hydrogen) atoms. The van der Waals surface area contributed by atoms with Gasteiger partial charge in [-0.25, -0.2) is 4.39 Å². The maximum Gasteiger partial charge on any atom is 0.131 e. The normalized spacial score (nSPS) is 23.8. The van der Waals surface area contributed by atoms with Crippen molar-refractivity contribution in [2.24, 2.45) is 5.92 Å². The Morgan fingerprint density at radius 1 is 1.45 bits per heavy atom. The van der Waals surface area contributed by atoms with Crippen molar-refractivity contribution >= 4 is 0 Å². The average molecular weight is 280 g/mol. The van der Waals surface area contributed by atoms with Gasteiger partial charge in [-0.05, 0) is 31.5 Å². The zero-order valence-corrected chi connectivity index (χ0v) is 12.7. The van der Waals surface area contributed by atoms with Crippen LogP contribution in [0.4, 0.5) is 4.39 Å². The third-order valence-corrected chi connectivity index (χ3v) is 4.11. The van der Waals surface area contributed by atoms with Gasteiger partial charge in [0, 0.05) is 30.8 Å². The fourth-order valence-corrected chi connectivity index (χ4v) is 2.97. The first-order valence-corrected chi connectivity index (χ1v) is 7.42. The van der Waals surface area contributed by atoms with Gasteiger partial charge in [-0.1, -0.05) is 19.9 Å². The average Bonchev–Trinajstić information content (AvgIpc) is 2.44. The number of likely N-dealkylation sites (tertiary alicyclic amines) is 1. The van der Waals surface area contributed by atoms with Crippen LogP contribution in [0.15, 0.2) is 18.2 Å². The van der Waals surface area contributed by atoms with Gasteiger partial charge in [0.15, 0.2) is 0 Å². The SMILES string of the molecule is CCNC1CCN(Cc2ccc(OC)cc2F)CC1C. The second kappa shape index (κ2) is 7.04. The summed E-state index contributed by atoms with van der Waals surface area (Å²) in [5, 5.41) is 3.53. The maximum atomic E-state index is 14.0. The van der Waals surface area contributed by atoms with Crippen LogP contribution in [0.25, 0.3) is 0 Å². The number of nitrogens with one attached hydrogen (secondary N) is 1. The van der Waals surface area contributed by atoms with E-state index in [1.807, 2.05) is 12.1 Å². The molecule has 0 aromatic heterocycles. The Labute approximate surface area is 121 Å². The highest BCUT2D eigenvalue weighted by Gasteiger charge is 2.25. The Kier molecular flexibility index (Phi) is 5.38. The van der Waals surface area contributed by atoms with Crippen molar-refractivity contribution in [2.75, 3.05) is 26.7 Å². The summed E-state index contributed by atoms with van der Waals surface area (Å²) in [5.41, 5.74) is 0.750. The molecule has 0 aliphatic carbocycles. The molecule has 112 valence electrons. The van der Waals surface area contributed by atoms with Crippen molar-refractivity contribution in [1.29, 1.82) is 0 Å². The van der Waals surface area contributed by atoms with Gasteiger partial charge in [-0.15, -0.1) is 0 Å². The summed E-state index contributed by atoms with van der Waals surface area (Å²) in [4.78, 5) is 2.34. The van der Waals surface area contributed by atoms with Crippen molar-refractivity contribution in [1.82, 2.24) is 10.2 Å². The first-order valence-electron chi connectivity index (χ1n) is 7.42. The molecule has 1 saturated heterocycles. The second-order valence-corrected chi connectivity index (χ2v) is 5.62. The standard InChI is InChI=1S/C16H25FN2O/c1-4-18-16-7-8-19(10-12(16)2)11-13-5-6-14(20-3)9-15(13)17/h5-6,9,12,16,18H,4,7-8,10-11H2,1-3H3. The summed E-state index contributed by atoms with van der Waals surface area (Å²) in [6, 6.07) is 5.71. The second-order valence-electron chi connectivity index (χ2n) is 5.62. The fraction of sp³-hybridized carbons (Fsp3) is 0.625.